The number of nitro groups is 1. The van der Waals surface area contributed by atoms with E-state index in [4.69, 9.17) is 11.6 Å². The van der Waals surface area contributed by atoms with Gasteiger partial charge < -0.3 is 5.32 Å². The second-order valence-electron chi connectivity index (χ2n) is 4.76. The van der Waals surface area contributed by atoms with E-state index in [-0.39, 0.29) is 16.8 Å². The van der Waals surface area contributed by atoms with E-state index in [2.05, 4.69) is 17.2 Å². The molecule has 0 fully saturated rings. The molecule has 0 aliphatic rings. The van der Waals surface area contributed by atoms with Gasteiger partial charge in [0.05, 0.1) is 11.0 Å². The molecule has 0 bridgehead atoms. The maximum Gasteiger partial charge on any atom is 0.288 e. The number of nitrogens with zero attached hydrogens (tertiary/aromatic N) is 2. The van der Waals surface area contributed by atoms with Gasteiger partial charge in [0.25, 0.3) is 5.69 Å². The van der Waals surface area contributed by atoms with Crippen molar-refractivity contribution in [3.63, 3.8) is 0 Å². The van der Waals surface area contributed by atoms with Crippen LogP contribution >= 0.6 is 22.9 Å². The van der Waals surface area contributed by atoms with Crippen molar-refractivity contribution in [3.05, 3.63) is 48.9 Å². The molecule has 7 heteroatoms. The Labute approximate surface area is 132 Å². The Bertz CT molecular complexity index is 672. The van der Waals surface area contributed by atoms with Gasteiger partial charge in [-0.25, -0.2) is 4.98 Å². The van der Waals surface area contributed by atoms with Gasteiger partial charge in [-0.3, -0.25) is 10.1 Å². The van der Waals surface area contributed by atoms with Gasteiger partial charge in [0.2, 0.25) is 0 Å². The average molecular weight is 326 g/mol. The van der Waals surface area contributed by atoms with Crippen molar-refractivity contribution in [2.75, 3.05) is 5.32 Å². The molecule has 0 saturated carbocycles. The number of aromatic nitrogens is 1. The summed E-state index contributed by atoms with van der Waals surface area (Å²) >= 11 is 7.62. The summed E-state index contributed by atoms with van der Waals surface area (Å²) in [6.45, 7) is 5.92. The largest absolute Gasteiger partial charge is 0.376 e. The lowest BCUT2D eigenvalue weighted by Gasteiger charge is -2.15. The SMILES string of the molecule is CCc1cnc(C(C)Nc2cc(Cl)c([N+](=O)[O-])cc2C)s1. The summed E-state index contributed by atoms with van der Waals surface area (Å²) in [7, 11) is 0. The van der Waals surface area contributed by atoms with Crippen molar-refractivity contribution in [2.24, 2.45) is 0 Å². The van der Waals surface area contributed by atoms with Crippen LogP contribution in [0.1, 0.15) is 35.3 Å². The van der Waals surface area contributed by atoms with Crippen molar-refractivity contribution < 1.29 is 4.92 Å². The van der Waals surface area contributed by atoms with E-state index in [0.29, 0.717) is 0 Å². The molecule has 1 aromatic heterocycles. The van der Waals surface area contributed by atoms with Gasteiger partial charge in [-0.1, -0.05) is 18.5 Å². The zero-order valence-electron chi connectivity index (χ0n) is 12.0. The molecule has 0 aliphatic heterocycles. The lowest BCUT2D eigenvalue weighted by molar-refractivity contribution is -0.384. The molecular formula is C14H16ClN3O2S. The summed E-state index contributed by atoms with van der Waals surface area (Å²) in [6.07, 6.45) is 2.85. The molecule has 1 unspecified atom stereocenters. The zero-order chi connectivity index (χ0) is 15.6. The zero-order valence-corrected chi connectivity index (χ0v) is 13.6. The first-order valence-electron chi connectivity index (χ1n) is 6.58. The molecule has 1 aromatic carbocycles. The summed E-state index contributed by atoms with van der Waals surface area (Å²) in [5, 5.41) is 15.3. The molecular weight excluding hydrogens is 310 g/mol. The van der Waals surface area contributed by atoms with Crippen LogP contribution < -0.4 is 5.32 Å². The monoisotopic (exact) mass is 325 g/mol. The Morgan fingerprint density at radius 1 is 1.52 bits per heavy atom. The Morgan fingerprint density at radius 2 is 2.24 bits per heavy atom. The van der Waals surface area contributed by atoms with E-state index in [1.807, 2.05) is 20.0 Å². The van der Waals surface area contributed by atoms with Crippen molar-refractivity contribution in [1.29, 1.82) is 0 Å². The molecule has 0 radical (unpaired) electrons. The van der Waals surface area contributed by atoms with Crippen LogP contribution in [0.25, 0.3) is 0 Å². The number of rotatable bonds is 5. The summed E-state index contributed by atoms with van der Waals surface area (Å²) in [5.74, 6) is 0. The third-order valence-corrected chi connectivity index (χ3v) is 4.78. The molecule has 0 aliphatic carbocycles. The van der Waals surface area contributed by atoms with Gasteiger partial charge in [0, 0.05) is 22.8 Å². The quantitative estimate of drug-likeness (QED) is 0.636. The third-order valence-electron chi connectivity index (χ3n) is 3.15. The van der Waals surface area contributed by atoms with Gasteiger partial charge >= 0.3 is 0 Å². The Balaban J connectivity index is 2.23. The van der Waals surface area contributed by atoms with Crippen molar-refractivity contribution in [1.82, 2.24) is 4.98 Å². The fraction of sp³-hybridized carbons (Fsp3) is 0.357. The smallest absolute Gasteiger partial charge is 0.288 e. The van der Waals surface area contributed by atoms with Gasteiger partial charge in [-0.15, -0.1) is 11.3 Å². The Kier molecular flexibility index (Phi) is 4.80. The molecule has 0 saturated heterocycles. The third kappa shape index (κ3) is 3.51. The molecule has 2 aromatic rings. The van der Waals surface area contributed by atoms with Crippen LogP contribution in [0, 0.1) is 17.0 Å². The number of halogens is 1. The number of aryl methyl sites for hydroxylation is 2. The van der Waals surface area contributed by atoms with E-state index in [1.54, 1.807) is 17.4 Å². The highest BCUT2D eigenvalue weighted by Crippen LogP contribution is 2.33. The van der Waals surface area contributed by atoms with E-state index in [9.17, 15) is 10.1 Å². The first kappa shape index (κ1) is 15.7. The predicted octanol–water partition coefficient (Wildman–Crippen LogP) is 4.75. The number of hydrogen-bond acceptors (Lipinski definition) is 5. The van der Waals surface area contributed by atoms with Crippen LogP contribution in [0.2, 0.25) is 5.02 Å². The highest BCUT2D eigenvalue weighted by molar-refractivity contribution is 7.11. The second-order valence-corrected chi connectivity index (χ2v) is 6.31. The first-order chi connectivity index (χ1) is 9.92. The highest BCUT2D eigenvalue weighted by atomic mass is 35.5. The lowest BCUT2D eigenvalue weighted by atomic mass is 10.1. The number of thiazole rings is 1. The maximum atomic E-state index is 10.9. The van der Waals surface area contributed by atoms with Crippen molar-refractivity contribution in [3.8, 4) is 0 Å². The molecule has 2 rings (SSSR count). The number of benzene rings is 1. The van der Waals surface area contributed by atoms with Gasteiger partial charge in [-0.2, -0.15) is 0 Å². The van der Waals surface area contributed by atoms with Gasteiger partial charge in [0.1, 0.15) is 10.0 Å². The molecule has 0 amide bonds. The Morgan fingerprint density at radius 3 is 2.81 bits per heavy atom. The van der Waals surface area contributed by atoms with E-state index in [1.165, 1.54) is 10.9 Å². The van der Waals surface area contributed by atoms with Crippen LogP contribution in [-0.2, 0) is 6.42 Å². The van der Waals surface area contributed by atoms with Crippen LogP contribution in [0.3, 0.4) is 0 Å². The molecule has 1 heterocycles. The number of nitrogens with one attached hydrogen (secondary N) is 1. The molecule has 1 atom stereocenters. The van der Waals surface area contributed by atoms with E-state index >= 15 is 0 Å². The van der Waals surface area contributed by atoms with Gasteiger partial charge in [-0.05, 0) is 31.9 Å². The standard InChI is InChI=1S/C14H16ClN3O2S/c1-4-10-7-16-14(21-10)9(3)17-12-6-11(15)13(18(19)20)5-8(12)2/h5-7,9,17H,4H2,1-3H3. The fourth-order valence-corrected chi connectivity index (χ4v) is 3.04. The molecule has 21 heavy (non-hydrogen) atoms. The molecule has 1 N–H and O–H groups in total. The normalized spacial score (nSPS) is 12.2. The van der Waals surface area contributed by atoms with E-state index in [0.717, 1.165) is 22.7 Å². The van der Waals surface area contributed by atoms with Crippen molar-refractivity contribution in [2.45, 2.75) is 33.2 Å². The van der Waals surface area contributed by atoms with Crippen LogP contribution in [0.5, 0.6) is 0 Å². The van der Waals surface area contributed by atoms with Crippen LogP contribution in [-0.4, -0.2) is 9.91 Å². The summed E-state index contributed by atoms with van der Waals surface area (Å²) in [6, 6.07) is 3.10. The number of anilines is 1. The lowest BCUT2D eigenvalue weighted by Crippen LogP contribution is -2.07. The predicted molar refractivity (Wildman–Crippen MR) is 86.4 cm³/mol. The number of hydrogen-bond donors (Lipinski definition) is 1. The van der Waals surface area contributed by atoms with Gasteiger partial charge in [0.15, 0.2) is 0 Å². The minimum atomic E-state index is -0.475. The summed E-state index contributed by atoms with van der Waals surface area (Å²) < 4.78 is 0. The topological polar surface area (TPSA) is 68.1 Å². The summed E-state index contributed by atoms with van der Waals surface area (Å²) in [4.78, 5) is 16.0. The first-order valence-corrected chi connectivity index (χ1v) is 7.77. The highest BCUT2D eigenvalue weighted by Gasteiger charge is 2.17. The van der Waals surface area contributed by atoms with Crippen LogP contribution in [0.4, 0.5) is 11.4 Å². The fourth-order valence-electron chi connectivity index (χ4n) is 1.94. The minimum absolute atomic E-state index is 0.0199. The average Bonchev–Trinajstić information content (AvgIpc) is 2.91. The number of nitro benzene ring substituents is 1. The Hall–Kier alpha value is -1.66. The molecule has 5 nitrogen and oxygen atoms in total. The van der Waals surface area contributed by atoms with E-state index < -0.39 is 4.92 Å². The summed E-state index contributed by atoms with van der Waals surface area (Å²) in [5.41, 5.74) is 1.49. The second kappa shape index (κ2) is 6.41. The van der Waals surface area contributed by atoms with Crippen molar-refractivity contribution >= 4 is 34.3 Å². The minimum Gasteiger partial charge on any atom is -0.376 e. The maximum absolute atomic E-state index is 10.9. The molecule has 112 valence electrons. The van der Waals surface area contributed by atoms with Crippen LogP contribution in [0.15, 0.2) is 18.3 Å². The molecule has 0 spiro atoms.